The molecule has 96 valence electrons. The summed E-state index contributed by atoms with van der Waals surface area (Å²) in [6.45, 7) is 6.29. The summed E-state index contributed by atoms with van der Waals surface area (Å²) in [6, 6.07) is 6.09. The summed E-state index contributed by atoms with van der Waals surface area (Å²) in [7, 11) is 0. The van der Waals surface area contributed by atoms with E-state index in [1.54, 1.807) is 18.2 Å². The zero-order chi connectivity index (χ0) is 13.3. The van der Waals surface area contributed by atoms with Gasteiger partial charge in [0.05, 0.1) is 11.7 Å². The van der Waals surface area contributed by atoms with E-state index in [-0.39, 0.29) is 11.2 Å². The van der Waals surface area contributed by atoms with Gasteiger partial charge < -0.3 is 5.73 Å². The number of thiazole rings is 1. The predicted octanol–water partition coefficient (Wildman–Crippen LogP) is 3.63. The summed E-state index contributed by atoms with van der Waals surface area (Å²) in [6.07, 6.45) is 0. The van der Waals surface area contributed by atoms with E-state index in [2.05, 4.69) is 25.8 Å². The number of nitrogens with two attached hydrogens (primary N) is 1. The van der Waals surface area contributed by atoms with Crippen molar-refractivity contribution in [2.45, 2.75) is 32.2 Å². The summed E-state index contributed by atoms with van der Waals surface area (Å²) in [5.41, 5.74) is 7.56. The first-order chi connectivity index (χ1) is 8.39. The Hall–Kier alpha value is -1.26. The summed E-state index contributed by atoms with van der Waals surface area (Å²) < 4.78 is 13.7. The van der Waals surface area contributed by atoms with Crippen LogP contribution in [0.25, 0.3) is 0 Å². The van der Waals surface area contributed by atoms with Gasteiger partial charge in [0.15, 0.2) is 0 Å². The molecule has 2 aromatic rings. The van der Waals surface area contributed by atoms with Crippen molar-refractivity contribution in [1.82, 2.24) is 4.98 Å². The molecule has 0 aliphatic rings. The molecule has 2 N–H and O–H groups in total. The van der Waals surface area contributed by atoms with E-state index in [0.717, 1.165) is 10.7 Å². The Balaban J connectivity index is 2.33. The minimum Gasteiger partial charge on any atom is -0.318 e. The molecule has 1 aromatic carbocycles. The molecule has 0 bridgehead atoms. The van der Waals surface area contributed by atoms with Crippen molar-refractivity contribution in [3.63, 3.8) is 0 Å². The molecule has 18 heavy (non-hydrogen) atoms. The van der Waals surface area contributed by atoms with Gasteiger partial charge in [-0.25, -0.2) is 9.37 Å². The largest absolute Gasteiger partial charge is 0.318 e. The molecule has 2 rings (SSSR count). The van der Waals surface area contributed by atoms with Crippen LogP contribution in [-0.2, 0) is 5.41 Å². The summed E-state index contributed by atoms with van der Waals surface area (Å²) in [5, 5.41) is 2.75. The number of benzene rings is 1. The van der Waals surface area contributed by atoms with Crippen LogP contribution in [0.1, 0.15) is 43.1 Å². The maximum Gasteiger partial charge on any atom is 0.128 e. The molecule has 0 aliphatic heterocycles. The SMILES string of the molecule is CC(C)(C)c1csc(C(N)c2ccccc2F)n1. The first-order valence-electron chi connectivity index (χ1n) is 5.85. The summed E-state index contributed by atoms with van der Waals surface area (Å²) in [4.78, 5) is 4.53. The van der Waals surface area contributed by atoms with Crippen LogP contribution in [-0.4, -0.2) is 4.98 Å². The lowest BCUT2D eigenvalue weighted by atomic mass is 9.93. The zero-order valence-corrected chi connectivity index (χ0v) is 11.6. The highest BCUT2D eigenvalue weighted by molar-refractivity contribution is 7.09. The third kappa shape index (κ3) is 2.60. The average Bonchev–Trinajstić information content (AvgIpc) is 2.77. The Morgan fingerprint density at radius 3 is 2.50 bits per heavy atom. The highest BCUT2D eigenvalue weighted by atomic mass is 32.1. The highest BCUT2D eigenvalue weighted by Gasteiger charge is 2.21. The molecule has 0 saturated heterocycles. The van der Waals surface area contributed by atoms with Crippen LogP contribution in [0.2, 0.25) is 0 Å². The number of hydrogen-bond acceptors (Lipinski definition) is 3. The molecule has 2 nitrogen and oxygen atoms in total. The molecule has 1 aromatic heterocycles. The van der Waals surface area contributed by atoms with E-state index in [1.807, 2.05) is 5.38 Å². The molecule has 0 saturated carbocycles. The Kier molecular flexibility index (Phi) is 3.50. The fraction of sp³-hybridized carbons (Fsp3) is 0.357. The molecular weight excluding hydrogens is 247 g/mol. The second-order valence-corrected chi connectivity index (χ2v) is 6.21. The van der Waals surface area contributed by atoms with Gasteiger partial charge in [0.25, 0.3) is 0 Å². The molecule has 0 spiro atoms. The van der Waals surface area contributed by atoms with Crippen LogP contribution in [0.3, 0.4) is 0 Å². The number of aromatic nitrogens is 1. The maximum absolute atomic E-state index is 13.7. The predicted molar refractivity (Wildman–Crippen MR) is 73.2 cm³/mol. The lowest BCUT2D eigenvalue weighted by molar-refractivity contribution is 0.567. The zero-order valence-electron chi connectivity index (χ0n) is 10.8. The number of nitrogens with zero attached hydrogens (tertiary/aromatic N) is 1. The third-order valence-electron chi connectivity index (χ3n) is 2.80. The van der Waals surface area contributed by atoms with E-state index < -0.39 is 6.04 Å². The van der Waals surface area contributed by atoms with E-state index in [4.69, 9.17) is 5.73 Å². The summed E-state index contributed by atoms with van der Waals surface area (Å²) >= 11 is 1.49. The van der Waals surface area contributed by atoms with E-state index in [1.165, 1.54) is 17.4 Å². The van der Waals surface area contributed by atoms with Gasteiger partial charge in [-0.2, -0.15) is 0 Å². The van der Waals surface area contributed by atoms with Gasteiger partial charge in [-0.3, -0.25) is 0 Å². The second kappa shape index (κ2) is 4.78. The van der Waals surface area contributed by atoms with Gasteiger partial charge in [-0.05, 0) is 6.07 Å². The minimum atomic E-state index is -0.493. The van der Waals surface area contributed by atoms with Crippen LogP contribution >= 0.6 is 11.3 Å². The van der Waals surface area contributed by atoms with Crippen molar-refractivity contribution < 1.29 is 4.39 Å². The molecular formula is C14H17FN2S. The van der Waals surface area contributed by atoms with Gasteiger partial charge in [0.1, 0.15) is 10.8 Å². The van der Waals surface area contributed by atoms with Gasteiger partial charge in [0, 0.05) is 16.4 Å². The van der Waals surface area contributed by atoms with Crippen molar-refractivity contribution in [3.8, 4) is 0 Å². The quantitative estimate of drug-likeness (QED) is 0.899. The molecule has 1 heterocycles. The van der Waals surface area contributed by atoms with Gasteiger partial charge in [-0.15, -0.1) is 11.3 Å². The van der Waals surface area contributed by atoms with Gasteiger partial charge in [-0.1, -0.05) is 39.0 Å². The van der Waals surface area contributed by atoms with Crippen molar-refractivity contribution in [2.75, 3.05) is 0 Å². The lowest BCUT2D eigenvalue weighted by Gasteiger charge is -2.15. The number of halogens is 1. The fourth-order valence-corrected chi connectivity index (χ4v) is 2.70. The Morgan fingerprint density at radius 2 is 1.94 bits per heavy atom. The number of rotatable bonds is 2. The second-order valence-electron chi connectivity index (χ2n) is 5.32. The molecule has 4 heteroatoms. The van der Waals surface area contributed by atoms with Crippen LogP contribution in [0, 0.1) is 5.82 Å². The number of hydrogen-bond donors (Lipinski definition) is 1. The monoisotopic (exact) mass is 264 g/mol. The standard InChI is InChI=1S/C14H17FN2S/c1-14(2,3)11-8-18-13(17-11)12(16)9-6-4-5-7-10(9)15/h4-8,12H,16H2,1-3H3. The molecule has 1 atom stereocenters. The van der Waals surface area contributed by atoms with Crippen LogP contribution in [0.4, 0.5) is 4.39 Å². The molecule has 0 radical (unpaired) electrons. The van der Waals surface area contributed by atoms with Crippen LogP contribution in [0.5, 0.6) is 0 Å². The van der Waals surface area contributed by atoms with Gasteiger partial charge >= 0.3 is 0 Å². The smallest absolute Gasteiger partial charge is 0.128 e. The Morgan fingerprint density at radius 1 is 1.28 bits per heavy atom. The Bertz CT molecular complexity index is 543. The molecule has 1 unspecified atom stereocenters. The average molecular weight is 264 g/mol. The molecule has 0 amide bonds. The van der Waals surface area contributed by atoms with Crippen molar-refractivity contribution in [2.24, 2.45) is 5.73 Å². The topological polar surface area (TPSA) is 38.9 Å². The third-order valence-corrected chi connectivity index (χ3v) is 3.72. The van der Waals surface area contributed by atoms with E-state index >= 15 is 0 Å². The van der Waals surface area contributed by atoms with Crippen LogP contribution in [0.15, 0.2) is 29.6 Å². The minimum absolute atomic E-state index is 0.0102. The highest BCUT2D eigenvalue weighted by Crippen LogP contribution is 2.29. The fourth-order valence-electron chi connectivity index (χ4n) is 1.64. The van der Waals surface area contributed by atoms with Crippen molar-refractivity contribution in [3.05, 3.63) is 51.7 Å². The Labute approximate surface area is 111 Å². The summed E-state index contributed by atoms with van der Waals surface area (Å²) in [5.74, 6) is -0.280. The first-order valence-corrected chi connectivity index (χ1v) is 6.73. The lowest BCUT2D eigenvalue weighted by Crippen LogP contribution is -2.15. The molecule has 0 aliphatic carbocycles. The van der Waals surface area contributed by atoms with Crippen molar-refractivity contribution in [1.29, 1.82) is 0 Å². The van der Waals surface area contributed by atoms with Crippen LogP contribution < -0.4 is 5.73 Å². The van der Waals surface area contributed by atoms with E-state index in [9.17, 15) is 4.39 Å². The van der Waals surface area contributed by atoms with Crippen molar-refractivity contribution >= 4 is 11.3 Å². The first kappa shape index (κ1) is 13.2. The normalized spacial score (nSPS) is 13.6. The van der Waals surface area contributed by atoms with E-state index in [0.29, 0.717) is 5.56 Å². The maximum atomic E-state index is 13.7. The van der Waals surface area contributed by atoms with Gasteiger partial charge in [0.2, 0.25) is 0 Å². The molecule has 0 fully saturated rings.